The molecule has 8 aromatic carbocycles. The van der Waals surface area contributed by atoms with Gasteiger partial charge >= 0.3 is 0 Å². The van der Waals surface area contributed by atoms with Crippen molar-refractivity contribution in [3.05, 3.63) is 199 Å². The molecule has 1 nitrogen and oxygen atoms in total. The van der Waals surface area contributed by atoms with Crippen molar-refractivity contribution in [1.82, 2.24) is 0 Å². The van der Waals surface area contributed by atoms with Gasteiger partial charge < -0.3 is 4.90 Å². The van der Waals surface area contributed by atoms with Gasteiger partial charge in [0.25, 0.3) is 0 Å². The van der Waals surface area contributed by atoms with Crippen LogP contribution in [0, 0.1) is 0 Å². The molecule has 0 atom stereocenters. The third-order valence-electron chi connectivity index (χ3n) is 11.1. The van der Waals surface area contributed by atoms with E-state index in [0.29, 0.717) is 0 Å². The molecule has 0 saturated carbocycles. The van der Waals surface area contributed by atoms with E-state index in [2.05, 4.69) is 207 Å². The molecule has 0 unspecified atom stereocenters. The van der Waals surface area contributed by atoms with Crippen molar-refractivity contribution < 1.29 is 0 Å². The second-order valence-corrected chi connectivity index (χ2v) is 15.6. The maximum atomic E-state index is 2.52. The zero-order valence-electron chi connectivity index (χ0n) is 29.8. The third-order valence-corrected chi connectivity index (χ3v) is 12.2. The SMILES string of the molecule is CC1(C)c2ccccc2-c2c1cc1sc3ccc(-c4ccccc4)cc3c1c2N(c1ccccc1)c1ccc(-c2ccc(-c3ccccc3)cc2)cc1. The minimum absolute atomic E-state index is 0.141. The molecular weight excluding hydrogens is 659 g/mol. The summed E-state index contributed by atoms with van der Waals surface area (Å²) in [6, 6.07) is 68.9. The highest BCUT2D eigenvalue weighted by atomic mass is 32.1. The molecule has 1 aromatic heterocycles. The summed E-state index contributed by atoms with van der Waals surface area (Å²) in [6.45, 7) is 4.78. The maximum absolute atomic E-state index is 2.52. The molecule has 1 aliphatic carbocycles. The van der Waals surface area contributed by atoms with Crippen LogP contribution in [0.15, 0.2) is 188 Å². The number of para-hydroxylation sites is 1. The molecule has 0 aliphatic heterocycles. The highest BCUT2D eigenvalue weighted by molar-refractivity contribution is 7.26. The Morgan fingerprint density at radius 2 is 0.906 bits per heavy atom. The fourth-order valence-electron chi connectivity index (χ4n) is 8.38. The van der Waals surface area contributed by atoms with Crippen LogP contribution in [0.2, 0.25) is 0 Å². The summed E-state index contributed by atoms with van der Waals surface area (Å²) < 4.78 is 2.62. The van der Waals surface area contributed by atoms with Gasteiger partial charge in [-0.3, -0.25) is 0 Å². The number of thiophene rings is 1. The Kier molecular flexibility index (Phi) is 7.42. The summed E-state index contributed by atoms with van der Waals surface area (Å²) in [5.41, 5.74) is 16.1. The van der Waals surface area contributed by atoms with Crippen LogP contribution >= 0.6 is 11.3 Å². The monoisotopic (exact) mass is 695 g/mol. The molecule has 0 spiro atoms. The first-order valence-electron chi connectivity index (χ1n) is 18.3. The van der Waals surface area contributed by atoms with Crippen LogP contribution in [0.3, 0.4) is 0 Å². The Hall–Kier alpha value is -6.22. The van der Waals surface area contributed by atoms with Gasteiger partial charge in [-0.15, -0.1) is 11.3 Å². The molecule has 0 saturated heterocycles. The minimum Gasteiger partial charge on any atom is -0.309 e. The maximum Gasteiger partial charge on any atom is 0.0636 e. The predicted octanol–water partition coefficient (Wildman–Crippen LogP) is 14.8. The molecule has 252 valence electrons. The zero-order chi connectivity index (χ0) is 35.5. The molecule has 53 heavy (non-hydrogen) atoms. The van der Waals surface area contributed by atoms with Crippen LogP contribution < -0.4 is 4.90 Å². The van der Waals surface area contributed by atoms with Crippen LogP contribution in [0.1, 0.15) is 25.0 Å². The standard InChI is InChI=1S/C51H37NS/c1-51(2)44-21-13-12-20-42(44)48-45(51)33-47-49(43-32-39(28-31-46(43)53-47)35-16-8-4-9-17-35)50(48)52(40-18-10-5-11-19-40)41-29-26-38(27-30-41)37-24-22-36(23-25-37)34-14-6-3-7-15-34/h3-33H,1-2H3. The van der Waals surface area contributed by atoms with Gasteiger partial charge in [-0.25, -0.2) is 0 Å². The van der Waals surface area contributed by atoms with E-state index in [0.717, 1.165) is 11.4 Å². The Bertz CT molecular complexity index is 2760. The summed E-state index contributed by atoms with van der Waals surface area (Å²) in [5.74, 6) is 0. The molecule has 0 N–H and O–H groups in total. The topological polar surface area (TPSA) is 3.24 Å². The number of hydrogen-bond acceptors (Lipinski definition) is 2. The van der Waals surface area contributed by atoms with Crippen molar-refractivity contribution in [3.63, 3.8) is 0 Å². The summed E-state index contributed by atoms with van der Waals surface area (Å²) in [4.78, 5) is 2.52. The average molecular weight is 696 g/mol. The fourth-order valence-corrected chi connectivity index (χ4v) is 9.51. The van der Waals surface area contributed by atoms with Crippen molar-refractivity contribution in [2.24, 2.45) is 0 Å². The predicted molar refractivity (Wildman–Crippen MR) is 228 cm³/mol. The van der Waals surface area contributed by atoms with Gasteiger partial charge in [0.1, 0.15) is 0 Å². The smallest absolute Gasteiger partial charge is 0.0636 e. The first-order valence-corrected chi connectivity index (χ1v) is 19.2. The number of anilines is 3. The number of rotatable bonds is 6. The van der Waals surface area contributed by atoms with E-state index in [9.17, 15) is 0 Å². The van der Waals surface area contributed by atoms with Crippen molar-refractivity contribution >= 4 is 48.6 Å². The lowest BCUT2D eigenvalue weighted by Crippen LogP contribution is -2.16. The Balaban J connectivity index is 1.21. The second-order valence-electron chi connectivity index (χ2n) is 14.5. The molecule has 0 fully saturated rings. The lowest BCUT2D eigenvalue weighted by atomic mass is 9.82. The number of hydrogen-bond donors (Lipinski definition) is 0. The van der Waals surface area contributed by atoms with E-state index in [1.54, 1.807) is 0 Å². The Morgan fingerprint density at radius 3 is 1.55 bits per heavy atom. The van der Waals surface area contributed by atoms with E-state index in [-0.39, 0.29) is 5.41 Å². The first-order chi connectivity index (χ1) is 26.0. The largest absolute Gasteiger partial charge is 0.309 e. The van der Waals surface area contributed by atoms with Crippen LogP contribution in [-0.4, -0.2) is 0 Å². The quantitative estimate of drug-likeness (QED) is 0.167. The van der Waals surface area contributed by atoms with E-state index >= 15 is 0 Å². The van der Waals surface area contributed by atoms with Gasteiger partial charge in [0.2, 0.25) is 0 Å². The lowest BCUT2D eigenvalue weighted by molar-refractivity contribution is 0.661. The number of fused-ring (bicyclic) bond motifs is 6. The summed E-state index contributed by atoms with van der Waals surface area (Å²) in [7, 11) is 0. The summed E-state index contributed by atoms with van der Waals surface area (Å²) in [6.07, 6.45) is 0. The molecule has 2 heteroatoms. The molecule has 0 radical (unpaired) electrons. The second kappa shape index (κ2) is 12.5. The molecule has 0 amide bonds. The summed E-state index contributed by atoms with van der Waals surface area (Å²) >= 11 is 1.91. The van der Waals surface area contributed by atoms with Gasteiger partial charge in [0.05, 0.1) is 5.69 Å². The summed E-state index contributed by atoms with van der Waals surface area (Å²) in [5, 5.41) is 2.60. The molecule has 0 bridgehead atoms. The van der Waals surface area contributed by atoms with Gasteiger partial charge in [-0.2, -0.15) is 0 Å². The van der Waals surface area contributed by atoms with E-state index in [4.69, 9.17) is 0 Å². The van der Waals surface area contributed by atoms with Crippen molar-refractivity contribution in [1.29, 1.82) is 0 Å². The highest BCUT2D eigenvalue weighted by Gasteiger charge is 2.39. The van der Waals surface area contributed by atoms with Crippen LogP contribution in [-0.2, 0) is 5.41 Å². The fraction of sp³-hybridized carbons (Fsp3) is 0.0588. The number of nitrogens with zero attached hydrogens (tertiary/aromatic N) is 1. The third kappa shape index (κ3) is 5.21. The van der Waals surface area contributed by atoms with Gasteiger partial charge in [-0.05, 0) is 92.5 Å². The van der Waals surface area contributed by atoms with Gasteiger partial charge in [0, 0.05) is 42.5 Å². The normalized spacial score (nSPS) is 12.9. The van der Waals surface area contributed by atoms with Crippen molar-refractivity contribution in [2.45, 2.75) is 19.3 Å². The Labute approximate surface area is 315 Å². The van der Waals surface area contributed by atoms with Crippen molar-refractivity contribution in [3.8, 4) is 44.5 Å². The van der Waals surface area contributed by atoms with Gasteiger partial charge in [-0.1, -0.05) is 159 Å². The van der Waals surface area contributed by atoms with Gasteiger partial charge in [0.15, 0.2) is 0 Å². The first kappa shape index (κ1) is 31.5. The molecule has 1 heterocycles. The van der Waals surface area contributed by atoms with E-state index in [1.165, 1.54) is 81.5 Å². The zero-order valence-corrected chi connectivity index (χ0v) is 30.6. The van der Waals surface area contributed by atoms with E-state index in [1.807, 2.05) is 11.3 Å². The highest BCUT2D eigenvalue weighted by Crippen LogP contribution is 2.58. The molecule has 1 aliphatic rings. The average Bonchev–Trinajstić information content (AvgIpc) is 3.70. The molecular formula is C51H37NS. The number of benzene rings is 8. The van der Waals surface area contributed by atoms with Crippen molar-refractivity contribution in [2.75, 3.05) is 4.90 Å². The molecule has 10 rings (SSSR count). The minimum atomic E-state index is -0.141. The molecule has 9 aromatic rings. The van der Waals surface area contributed by atoms with Crippen LogP contribution in [0.25, 0.3) is 64.7 Å². The Morgan fingerprint density at radius 1 is 0.415 bits per heavy atom. The van der Waals surface area contributed by atoms with E-state index < -0.39 is 0 Å². The van der Waals surface area contributed by atoms with Crippen LogP contribution in [0.4, 0.5) is 17.1 Å². The lowest BCUT2D eigenvalue weighted by Gasteiger charge is -2.30. The van der Waals surface area contributed by atoms with Crippen LogP contribution in [0.5, 0.6) is 0 Å².